The van der Waals surface area contributed by atoms with E-state index >= 15 is 0 Å². The van der Waals surface area contributed by atoms with Gasteiger partial charge >= 0.3 is 0 Å². The van der Waals surface area contributed by atoms with Gasteiger partial charge in [0, 0.05) is 24.3 Å². The number of imidazole rings is 1. The van der Waals surface area contributed by atoms with E-state index in [1.807, 2.05) is 31.2 Å². The standard InChI is InChI=1S/C12H13ClN2O/c1-8-11(6-7-16)15-12(14-8)9-4-2-3-5-10(9)13/h2-5,16H,6-7H2,1H3,(H,14,15). The first kappa shape index (κ1) is 11.2. The van der Waals surface area contributed by atoms with Gasteiger partial charge in [0.2, 0.25) is 0 Å². The number of aromatic nitrogens is 2. The molecule has 0 spiro atoms. The highest BCUT2D eigenvalue weighted by molar-refractivity contribution is 6.33. The summed E-state index contributed by atoms with van der Waals surface area (Å²) in [4.78, 5) is 7.61. The zero-order chi connectivity index (χ0) is 11.5. The molecule has 1 heterocycles. The molecule has 0 radical (unpaired) electrons. The second kappa shape index (κ2) is 4.68. The van der Waals surface area contributed by atoms with Crippen LogP contribution in [0.3, 0.4) is 0 Å². The number of hydrogen-bond donors (Lipinski definition) is 2. The number of aryl methyl sites for hydroxylation is 1. The Morgan fingerprint density at radius 2 is 2.12 bits per heavy atom. The van der Waals surface area contributed by atoms with Crippen molar-refractivity contribution in [3.63, 3.8) is 0 Å². The van der Waals surface area contributed by atoms with Crippen LogP contribution in [0.15, 0.2) is 24.3 Å². The topological polar surface area (TPSA) is 48.9 Å². The molecule has 1 aromatic carbocycles. The van der Waals surface area contributed by atoms with Crippen molar-refractivity contribution in [3.8, 4) is 11.4 Å². The maximum atomic E-state index is 8.90. The highest BCUT2D eigenvalue weighted by Crippen LogP contribution is 2.25. The molecule has 0 aliphatic carbocycles. The van der Waals surface area contributed by atoms with Gasteiger partial charge < -0.3 is 10.1 Å². The number of halogens is 1. The maximum Gasteiger partial charge on any atom is 0.139 e. The third-order valence-electron chi connectivity index (χ3n) is 2.46. The molecular formula is C12H13ClN2O. The van der Waals surface area contributed by atoms with Crippen molar-refractivity contribution < 1.29 is 5.11 Å². The Bertz CT molecular complexity index is 494. The molecule has 0 aliphatic rings. The van der Waals surface area contributed by atoms with E-state index in [1.54, 1.807) is 0 Å². The van der Waals surface area contributed by atoms with Crippen molar-refractivity contribution in [2.45, 2.75) is 13.3 Å². The molecule has 0 amide bonds. The predicted octanol–water partition coefficient (Wildman–Crippen LogP) is 2.57. The lowest BCUT2D eigenvalue weighted by Crippen LogP contribution is -1.92. The summed E-state index contributed by atoms with van der Waals surface area (Å²) in [6.07, 6.45) is 0.562. The van der Waals surface area contributed by atoms with E-state index in [-0.39, 0.29) is 6.61 Å². The number of benzene rings is 1. The van der Waals surface area contributed by atoms with Gasteiger partial charge in [-0.05, 0) is 19.1 Å². The van der Waals surface area contributed by atoms with Gasteiger partial charge in [-0.15, -0.1) is 0 Å². The van der Waals surface area contributed by atoms with Crippen molar-refractivity contribution in [1.82, 2.24) is 9.97 Å². The summed E-state index contributed by atoms with van der Waals surface area (Å²) in [5.74, 6) is 0.756. The molecule has 2 N–H and O–H groups in total. The third-order valence-corrected chi connectivity index (χ3v) is 2.79. The second-order valence-corrected chi connectivity index (χ2v) is 4.02. The minimum absolute atomic E-state index is 0.105. The zero-order valence-electron chi connectivity index (χ0n) is 9.00. The highest BCUT2D eigenvalue weighted by Gasteiger charge is 2.10. The number of aliphatic hydroxyl groups is 1. The molecular weight excluding hydrogens is 224 g/mol. The van der Waals surface area contributed by atoms with Crippen molar-refractivity contribution in [1.29, 1.82) is 0 Å². The number of aliphatic hydroxyl groups excluding tert-OH is 1. The Labute approximate surface area is 99.1 Å². The predicted molar refractivity (Wildman–Crippen MR) is 64.6 cm³/mol. The first-order valence-corrected chi connectivity index (χ1v) is 5.51. The molecule has 0 saturated heterocycles. The van der Waals surface area contributed by atoms with Crippen LogP contribution in [0.5, 0.6) is 0 Å². The summed E-state index contributed by atoms with van der Waals surface area (Å²) in [6.45, 7) is 2.05. The zero-order valence-corrected chi connectivity index (χ0v) is 9.75. The van der Waals surface area contributed by atoms with Gasteiger partial charge in [0.15, 0.2) is 0 Å². The van der Waals surface area contributed by atoms with Crippen LogP contribution < -0.4 is 0 Å². The van der Waals surface area contributed by atoms with Gasteiger partial charge in [-0.1, -0.05) is 23.7 Å². The minimum atomic E-state index is 0.105. The van der Waals surface area contributed by atoms with Crippen molar-refractivity contribution in [2.75, 3.05) is 6.61 Å². The molecule has 0 aliphatic heterocycles. The maximum absolute atomic E-state index is 8.90. The smallest absolute Gasteiger partial charge is 0.139 e. The summed E-state index contributed by atoms with van der Waals surface area (Å²) in [6, 6.07) is 7.56. The molecule has 0 saturated carbocycles. The van der Waals surface area contributed by atoms with Gasteiger partial charge in [-0.3, -0.25) is 0 Å². The van der Waals surface area contributed by atoms with Crippen LogP contribution in [0.25, 0.3) is 11.4 Å². The summed E-state index contributed by atoms with van der Waals surface area (Å²) in [5, 5.41) is 9.57. The van der Waals surface area contributed by atoms with E-state index in [0.29, 0.717) is 11.4 Å². The number of nitrogens with zero attached hydrogens (tertiary/aromatic N) is 1. The molecule has 0 atom stereocenters. The van der Waals surface area contributed by atoms with Crippen molar-refractivity contribution >= 4 is 11.6 Å². The quantitative estimate of drug-likeness (QED) is 0.861. The summed E-state index contributed by atoms with van der Waals surface area (Å²) < 4.78 is 0. The van der Waals surface area contributed by atoms with Gasteiger partial charge in [-0.25, -0.2) is 4.98 Å². The van der Waals surface area contributed by atoms with Crippen molar-refractivity contribution in [2.24, 2.45) is 0 Å². The Hall–Kier alpha value is -1.32. The van der Waals surface area contributed by atoms with Crippen LogP contribution in [0.4, 0.5) is 0 Å². The lowest BCUT2D eigenvalue weighted by molar-refractivity contribution is 0.298. The second-order valence-electron chi connectivity index (χ2n) is 3.61. The van der Waals surface area contributed by atoms with Crippen LogP contribution >= 0.6 is 11.6 Å². The van der Waals surface area contributed by atoms with Crippen LogP contribution in [0, 0.1) is 6.92 Å². The van der Waals surface area contributed by atoms with Gasteiger partial charge in [-0.2, -0.15) is 0 Å². The van der Waals surface area contributed by atoms with Crippen LogP contribution in [0.1, 0.15) is 11.4 Å². The summed E-state index contributed by atoms with van der Waals surface area (Å²) in [7, 11) is 0. The normalized spacial score (nSPS) is 10.7. The van der Waals surface area contributed by atoms with Crippen molar-refractivity contribution in [3.05, 3.63) is 40.7 Å². The number of rotatable bonds is 3. The SMILES string of the molecule is Cc1[nH]c(-c2ccccc2Cl)nc1CCO. The lowest BCUT2D eigenvalue weighted by Gasteiger charge is -1.98. The first-order valence-electron chi connectivity index (χ1n) is 5.13. The third kappa shape index (κ3) is 2.10. The van der Waals surface area contributed by atoms with Gasteiger partial charge in [0.1, 0.15) is 5.82 Å². The molecule has 84 valence electrons. The van der Waals surface area contributed by atoms with Crippen LogP contribution in [0.2, 0.25) is 5.02 Å². The average molecular weight is 237 g/mol. The number of nitrogens with one attached hydrogen (secondary N) is 1. The molecule has 3 nitrogen and oxygen atoms in total. The Kier molecular flexibility index (Phi) is 3.27. The average Bonchev–Trinajstić information content (AvgIpc) is 2.61. The first-order chi connectivity index (χ1) is 7.72. The monoisotopic (exact) mass is 236 g/mol. The number of hydrogen-bond acceptors (Lipinski definition) is 2. The van der Waals surface area contributed by atoms with Crippen LogP contribution in [-0.4, -0.2) is 21.7 Å². The Balaban J connectivity index is 2.42. The Morgan fingerprint density at radius 3 is 2.81 bits per heavy atom. The van der Waals surface area contributed by atoms with E-state index in [0.717, 1.165) is 22.8 Å². The van der Waals surface area contributed by atoms with E-state index < -0.39 is 0 Å². The fraction of sp³-hybridized carbons (Fsp3) is 0.250. The molecule has 0 bridgehead atoms. The summed E-state index contributed by atoms with van der Waals surface area (Å²) >= 11 is 6.09. The van der Waals surface area contributed by atoms with Crippen LogP contribution in [-0.2, 0) is 6.42 Å². The molecule has 0 fully saturated rings. The fourth-order valence-electron chi connectivity index (χ4n) is 1.63. The lowest BCUT2D eigenvalue weighted by atomic mass is 10.2. The molecule has 2 rings (SSSR count). The van der Waals surface area contributed by atoms with E-state index in [9.17, 15) is 0 Å². The number of H-pyrrole nitrogens is 1. The largest absolute Gasteiger partial charge is 0.396 e. The molecule has 16 heavy (non-hydrogen) atoms. The summed E-state index contributed by atoms with van der Waals surface area (Å²) in [5.41, 5.74) is 2.75. The van der Waals surface area contributed by atoms with E-state index in [2.05, 4.69) is 9.97 Å². The number of aromatic amines is 1. The highest BCUT2D eigenvalue weighted by atomic mass is 35.5. The fourth-order valence-corrected chi connectivity index (χ4v) is 1.85. The van der Waals surface area contributed by atoms with Gasteiger partial charge in [0.25, 0.3) is 0 Å². The molecule has 4 heteroatoms. The van der Waals surface area contributed by atoms with E-state index in [1.165, 1.54) is 0 Å². The van der Waals surface area contributed by atoms with E-state index in [4.69, 9.17) is 16.7 Å². The molecule has 0 unspecified atom stereocenters. The Morgan fingerprint density at radius 1 is 1.38 bits per heavy atom. The molecule has 2 aromatic rings. The molecule has 1 aromatic heterocycles. The minimum Gasteiger partial charge on any atom is -0.396 e. The van der Waals surface area contributed by atoms with Gasteiger partial charge in [0.05, 0.1) is 10.7 Å².